The van der Waals surface area contributed by atoms with E-state index in [1.54, 1.807) is 17.1 Å². The van der Waals surface area contributed by atoms with Gasteiger partial charge in [0.1, 0.15) is 17.6 Å². The van der Waals surface area contributed by atoms with Crippen LogP contribution < -0.4 is 0 Å². The molecule has 2 unspecified atom stereocenters. The largest absolute Gasteiger partial charge is 0.465 e. The molecule has 3 saturated heterocycles. The predicted octanol–water partition coefficient (Wildman–Crippen LogP) is 2.85. The van der Waals surface area contributed by atoms with Crippen LogP contribution in [0.1, 0.15) is 65.7 Å². The van der Waals surface area contributed by atoms with E-state index in [-0.39, 0.29) is 25.0 Å². The molecule has 0 radical (unpaired) electrons. The van der Waals surface area contributed by atoms with Crippen LogP contribution in [0.2, 0.25) is 0 Å². The summed E-state index contributed by atoms with van der Waals surface area (Å²) in [4.78, 5) is 44.6. The number of ether oxygens (including phenoxy) is 2. The third kappa shape index (κ3) is 4.67. The zero-order valence-corrected chi connectivity index (χ0v) is 21.5. The smallest absolute Gasteiger partial charge is 0.312 e. The maximum Gasteiger partial charge on any atom is 0.312 e. The molecule has 35 heavy (non-hydrogen) atoms. The van der Waals surface area contributed by atoms with E-state index in [4.69, 9.17) is 9.47 Å². The van der Waals surface area contributed by atoms with Gasteiger partial charge in [0.25, 0.3) is 0 Å². The molecule has 6 atom stereocenters. The number of hydrogen-bond donors (Lipinski definition) is 1. The molecule has 3 aliphatic rings. The third-order valence-corrected chi connectivity index (χ3v) is 8.02. The van der Waals surface area contributed by atoms with Gasteiger partial charge >= 0.3 is 5.97 Å². The zero-order chi connectivity index (χ0) is 25.8. The normalized spacial score (nSPS) is 31.8. The van der Waals surface area contributed by atoms with E-state index < -0.39 is 41.1 Å². The molecule has 0 aromatic carbocycles. The molecule has 3 fully saturated rings. The molecule has 196 valence electrons. The fraction of sp³-hybridized carbons (Fsp3) is 0.741. The average molecular weight is 491 g/mol. The minimum absolute atomic E-state index is 0.203. The quantitative estimate of drug-likeness (QED) is 0.229. The predicted molar refractivity (Wildman–Crippen MR) is 132 cm³/mol. The van der Waals surface area contributed by atoms with Crippen LogP contribution in [0, 0.1) is 11.8 Å². The Labute approximate surface area is 209 Å². The maximum atomic E-state index is 14.1. The van der Waals surface area contributed by atoms with Gasteiger partial charge in [-0.15, -0.1) is 13.2 Å². The van der Waals surface area contributed by atoms with E-state index in [1.807, 2.05) is 13.8 Å². The number of fused-ring (bicyclic) bond motifs is 1. The van der Waals surface area contributed by atoms with Gasteiger partial charge < -0.3 is 24.4 Å². The summed E-state index contributed by atoms with van der Waals surface area (Å²) in [7, 11) is 0. The van der Waals surface area contributed by atoms with Gasteiger partial charge in [-0.2, -0.15) is 0 Å². The Balaban J connectivity index is 2.01. The van der Waals surface area contributed by atoms with Crippen molar-refractivity contribution in [2.45, 2.75) is 89.0 Å². The number of rotatable bonds is 14. The van der Waals surface area contributed by atoms with Crippen molar-refractivity contribution in [2.24, 2.45) is 11.8 Å². The van der Waals surface area contributed by atoms with Gasteiger partial charge in [-0.25, -0.2) is 0 Å². The maximum absolute atomic E-state index is 14.1. The van der Waals surface area contributed by atoms with Crippen LogP contribution >= 0.6 is 0 Å². The van der Waals surface area contributed by atoms with Gasteiger partial charge in [-0.1, -0.05) is 32.4 Å². The lowest BCUT2D eigenvalue weighted by Crippen LogP contribution is -2.58. The lowest BCUT2D eigenvalue weighted by Gasteiger charge is -2.39. The summed E-state index contributed by atoms with van der Waals surface area (Å²) in [5.41, 5.74) is -1.98. The Bertz CT molecular complexity index is 826. The van der Waals surface area contributed by atoms with Crippen molar-refractivity contribution < 1.29 is 29.0 Å². The number of carbonyl (C=O) groups excluding carboxylic acids is 3. The van der Waals surface area contributed by atoms with Gasteiger partial charge in [0.15, 0.2) is 0 Å². The first-order valence-electron chi connectivity index (χ1n) is 13.1. The first kappa shape index (κ1) is 27.4. The molecule has 0 saturated carbocycles. The second-order valence-corrected chi connectivity index (χ2v) is 10.2. The van der Waals surface area contributed by atoms with E-state index in [0.717, 1.165) is 19.3 Å². The first-order valence-corrected chi connectivity index (χ1v) is 13.1. The highest BCUT2D eigenvalue weighted by molar-refractivity contribution is 5.98. The molecular weight excluding hydrogens is 448 g/mol. The SMILES string of the molecule is C=CCCCOC(=O)[C@H]1[C@H]2C(=O)N([C@@H](CC)CO)C(C(=O)N(CC=C)CCCC)C23CC[C@]1(C)O3. The number of esters is 1. The summed E-state index contributed by atoms with van der Waals surface area (Å²) in [6.45, 7) is 14.2. The van der Waals surface area contributed by atoms with Crippen molar-refractivity contribution in [3.8, 4) is 0 Å². The summed E-state index contributed by atoms with van der Waals surface area (Å²) in [5.74, 6) is -2.54. The van der Waals surface area contributed by atoms with Gasteiger partial charge in [-0.3, -0.25) is 14.4 Å². The number of unbranched alkanes of at least 4 members (excludes halogenated alkanes) is 2. The van der Waals surface area contributed by atoms with E-state index in [9.17, 15) is 19.5 Å². The highest BCUT2D eigenvalue weighted by Gasteiger charge is 2.79. The van der Waals surface area contributed by atoms with Crippen molar-refractivity contribution >= 4 is 17.8 Å². The number of amides is 2. The van der Waals surface area contributed by atoms with Crippen molar-refractivity contribution in [1.29, 1.82) is 0 Å². The number of likely N-dealkylation sites (tertiary alicyclic amines) is 1. The summed E-state index contributed by atoms with van der Waals surface area (Å²) in [6.07, 6.45) is 8.14. The number of carbonyl (C=O) groups is 3. The van der Waals surface area contributed by atoms with Crippen LogP contribution in [0.25, 0.3) is 0 Å². The molecule has 0 aromatic heterocycles. The standard InChI is InChI=1S/C27H42N2O6/c1-6-10-12-17-34-25(33)21-20-23(31)29(19(9-4)18-30)22(27(20)14-13-26(21,5)35-27)24(32)28(15-8-3)16-11-7-2/h6,8,19-22,30H,1,3,7,9-18H2,2,4-5H3/t19-,20-,21+,22?,26-,27?/m0/s1. The van der Waals surface area contributed by atoms with E-state index in [0.29, 0.717) is 38.8 Å². The van der Waals surface area contributed by atoms with Crippen LogP contribution in [0.3, 0.4) is 0 Å². The molecule has 2 bridgehead atoms. The van der Waals surface area contributed by atoms with Gasteiger partial charge in [0.2, 0.25) is 11.8 Å². The van der Waals surface area contributed by atoms with Gasteiger partial charge in [0.05, 0.1) is 30.8 Å². The molecule has 0 aromatic rings. The monoisotopic (exact) mass is 490 g/mol. The average Bonchev–Trinajstić information content (AvgIpc) is 3.41. The highest BCUT2D eigenvalue weighted by atomic mass is 16.6. The van der Waals surface area contributed by atoms with Gasteiger partial charge in [0, 0.05) is 13.1 Å². The van der Waals surface area contributed by atoms with E-state index >= 15 is 0 Å². The number of hydrogen-bond acceptors (Lipinski definition) is 6. The van der Waals surface area contributed by atoms with Crippen LogP contribution in [0.15, 0.2) is 25.3 Å². The van der Waals surface area contributed by atoms with E-state index in [2.05, 4.69) is 20.1 Å². The molecule has 3 rings (SSSR count). The van der Waals surface area contributed by atoms with Crippen LogP contribution in [0.5, 0.6) is 0 Å². The Kier molecular flexibility index (Phi) is 8.81. The topological polar surface area (TPSA) is 96.4 Å². The lowest BCUT2D eigenvalue weighted by atomic mass is 9.66. The first-order chi connectivity index (χ1) is 16.8. The van der Waals surface area contributed by atoms with E-state index in [1.165, 1.54) is 4.90 Å². The molecule has 1 spiro atoms. The number of aliphatic hydroxyl groups is 1. The molecule has 2 amide bonds. The van der Waals surface area contributed by atoms with Crippen molar-refractivity contribution in [3.63, 3.8) is 0 Å². The van der Waals surface area contributed by atoms with Gasteiger partial charge in [-0.05, 0) is 45.4 Å². The molecule has 0 aliphatic carbocycles. The second kappa shape index (κ2) is 11.2. The Morgan fingerprint density at radius 1 is 1.29 bits per heavy atom. The Morgan fingerprint density at radius 2 is 2.03 bits per heavy atom. The lowest BCUT2D eigenvalue weighted by molar-refractivity contribution is -0.162. The summed E-state index contributed by atoms with van der Waals surface area (Å²) < 4.78 is 12.2. The Hall–Kier alpha value is -2.19. The summed E-state index contributed by atoms with van der Waals surface area (Å²) in [6, 6.07) is -1.43. The Morgan fingerprint density at radius 3 is 2.63 bits per heavy atom. The van der Waals surface area contributed by atoms with Crippen molar-refractivity contribution in [2.75, 3.05) is 26.3 Å². The van der Waals surface area contributed by atoms with Crippen LogP contribution in [-0.2, 0) is 23.9 Å². The summed E-state index contributed by atoms with van der Waals surface area (Å²) in [5, 5.41) is 10.1. The fourth-order valence-electron chi connectivity index (χ4n) is 6.27. The molecule has 1 N–H and O–H groups in total. The highest BCUT2D eigenvalue weighted by Crippen LogP contribution is 2.63. The van der Waals surface area contributed by atoms with Crippen molar-refractivity contribution in [3.05, 3.63) is 25.3 Å². The minimum atomic E-state index is -1.11. The molecule has 3 aliphatic heterocycles. The van der Waals surface area contributed by atoms with Crippen LogP contribution in [-0.4, -0.2) is 82.3 Å². The number of allylic oxidation sites excluding steroid dienone is 1. The number of nitrogens with zero attached hydrogens (tertiary/aromatic N) is 2. The third-order valence-electron chi connectivity index (χ3n) is 8.02. The summed E-state index contributed by atoms with van der Waals surface area (Å²) >= 11 is 0. The number of aliphatic hydroxyl groups excluding tert-OH is 1. The fourth-order valence-corrected chi connectivity index (χ4v) is 6.27. The molecule has 8 heteroatoms. The zero-order valence-electron chi connectivity index (χ0n) is 21.5. The minimum Gasteiger partial charge on any atom is -0.465 e. The molecular formula is C27H42N2O6. The second-order valence-electron chi connectivity index (χ2n) is 10.2. The van der Waals surface area contributed by atoms with Crippen LogP contribution in [0.4, 0.5) is 0 Å². The molecule has 8 nitrogen and oxygen atoms in total. The molecule has 3 heterocycles. The van der Waals surface area contributed by atoms with Crippen molar-refractivity contribution in [1.82, 2.24) is 9.80 Å².